The van der Waals surface area contributed by atoms with E-state index in [1.165, 1.54) is 31.1 Å². The summed E-state index contributed by atoms with van der Waals surface area (Å²) in [6.07, 6.45) is 2.36. The molecule has 0 atom stereocenters. The number of hydrogen-bond donors (Lipinski definition) is 1. The van der Waals surface area contributed by atoms with Crippen LogP contribution in [-0.2, 0) is 25.9 Å². The van der Waals surface area contributed by atoms with Crippen LogP contribution in [0, 0.1) is 0 Å². The fraction of sp³-hybridized carbons (Fsp3) is 0.267. The lowest BCUT2D eigenvalue weighted by atomic mass is 9.88. The number of alkyl halides is 3. The zero-order valence-corrected chi connectivity index (χ0v) is 12.9. The van der Waals surface area contributed by atoms with E-state index in [1.807, 2.05) is 0 Å². The molecule has 0 aromatic carbocycles. The first-order chi connectivity index (χ1) is 11.2. The minimum absolute atomic E-state index is 0.183. The number of imidazole rings is 2. The molecular formula is C15H14F3N5O. The number of aryl methyl sites for hydroxylation is 2. The number of halogens is 3. The Labute approximate surface area is 135 Å². The molecule has 0 bridgehead atoms. The fourth-order valence-electron chi connectivity index (χ4n) is 2.61. The molecule has 3 heterocycles. The first-order valence-electron chi connectivity index (χ1n) is 6.94. The summed E-state index contributed by atoms with van der Waals surface area (Å²) >= 11 is 0. The molecule has 24 heavy (non-hydrogen) atoms. The van der Waals surface area contributed by atoms with Gasteiger partial charge in [0.15, 0.2) is 5.60 Å². The van der Waals surface area contributed by atoms with E-state index in [2.05, 4.69) is 15.0 Å². The molecule has 0 saturated carbocycles. The molecule has 0 aliphatic carbocycles. The Kier molecular flexibility index (Phi) is 3.67. The largest absolute Gasteiger partial charge is 0.433 e. The van der Waals surface area contributed by atoms with Crippen molar-refractivity contribution in [3.05, 3.63) is 66.0 Å². The third-order valence-corrected chi connectivity index (χ3v) is 3.85. The summed E-state index contributed by atoms with van der Waals surface area (Å²) in [6, 6.07) is 2.04. The summed E-state index contributed by atoms with van der Waals surface area (Å²) in [5.41, 5.74) is -1.82. The molecule has 0 amide bonds. The van der Waals surface area contributed by atoms with Crippen LogP contribution in [0.15, 0.2) is 43.4 Å². The number of pyridine rings is 1. The maximum absolute atomic E-state index is 12.7. The summed E-state index contributed by atoms with van der Waals surface area (Å²) < 4.78 is 41.4. The summed E-state index contributed by atoms with van der Waals surface area (Å²) in [6.45, 7) is 0. The van der Waals surface area contributed by atoms with E-state index in [0.29, 0.717) is 11.4 Å². The average Bonchev–Trinajstić information content (AvgIpc) is 3.15. The van der Waals surface area contributed by atoms with Crippen LogP contribution in [0.5, 0.6) is 0 Å². The Balaban J connectivity index is 2.20. The maximum atomic E-state index is 12.7. The van der Waals surface area contributed by atoms with Gasteiger partial charge in [-0.25, -0.2) is 9.97 Å². The quantitative estimate of drug-likeness (QED) is 0.792. The zero-order valence-electron chi connectivity index (χ0n) is 12.9. The van der Waals surface area contributed by atoms with Crippen LogP contribution in [0.2, 0.25) is 0 Å². The Hall–Kier alpha value is -2.68. The van der Waals surface area contributed by atoms with Crippen LogP contribution in [0.4, 0.5) is 13.2 Å². The van der Waals surface area contributed by atoms with Crippen molar-refractivity contribution in [3.63, 3.8) is 0 Å². The van der Waals surface area contributed by atoms with Crippen LogP contribution in [0.1, 0.15) is 22.6 Å². The third kappa shape index (κ3) is 2.46. The van der Waals surface area contributed by atoms with E-state index in [1.54, 1.807) is 23.2 Å². The molecule has 9 heteroatoms. The van der Waals surface area contributed by atoms with Gasteiger partial charge in [-0.3, -0.25) is 4.98 Å². The Morgan fingerprint density at radius 2 is 1.46 bits per heavy atom. The molecule has 3 aromatic heterocycles. The SMILES string of the molecule is Cn1cncc1C(O)(c1ccc(C(F)(F)F)nc1)c1cncn1C. The molecule has 3 rings (SSSR count). The van der Waals surface area contributed by atoms with Gasteiger partial charge in [-0.2, -0.15) is 13.2 Å². The molecule has 0 radical (unpaired) electrons. The van der Waals surface area contributed by atoms with Crippen molar-refractivity contribution < 1.29 is 18.3 Å². The minimum Gasteiger partial charge on any atom is -0.373 e. The third-order valence-electron chi connectivity index (χ3n) is 3.85. The highest BCUT2D eigenvalue weighted by Gasteiger charge is 2.40. The van der Waals surface area contributed by atoms with E-state index >= 15 is 0 Å². The van der Waals surface area contributed by atoms with Gasteiger partial charge in [0.05, 0.1) is 36.4 Å². The lowest BCUT2D eigenvalue weighted by Crippen LogP contribution is -2.33. The Morgan fingerprint density at radius 1 is 0.917 bits per heavy atom. The molecule has 6 nitrogen and oxygen atoms in total. The molecule has 126 valence electrons. The fourth-order valence-corrected chi connectivity index (χ4v) is 2.61. The predicted molar refractivity (Wildman–Crippen MR) is 77.8 cm³/mol. The highest BCUT2D eigenvalue weighted by atomic mass is 19.4. The molecular weight excluding hydrogens is 323 g/mol. The maximum Gasteiger partial charge on any atom is 0.433 e. The summed E-state index contributed by atoms with van der Waals surface area (Å²) in [7, 11) is 3.36. The van der Waals surface area contributed by atoms with E-state index in [0.717, 1.165) is 12.3 Å². The lowest BCUT2D eigenvalue weighted by molar-refractivity contribution is -0.141. The van der Waals surface area contributed by atoms with Gasteiger partial charge in [-0.1, -0.05) is 6.07 Å². The van der Waals surface area contributed by atoms with Crippen LogP contribution in [0.3, 0.4) is 0 Å². The zero-order chi connectivity index (χ0) is 17.5. The van der Waals surface area contributed by atoms with Gasteiger partial charge in [-0.05, 0) is 6.07 Å². The van der Waals surface area contributed by atoms with Crippen molar-refractivity contribution in [3.8, 4) is 0 Å². The van der Waals surface area contributed by atoms with E-state index in [4.69, 9.17) is 0 Å². The molecule has 1 N–H and O–H groups in total. The molecule has 0 saturated heterocycles. The summed E-state index contributed by atoms with van der Waals surface area (Å²) in [4.78, 5) is 11.4. The normalized spacial score (nSPS) is 12.6. The first kappa shape index (κ1) is 16.2. The van der Waals surface area contributed by atoms with Crippen molar-refractivity contribution in [2.45, 2.75) is 11.8 Å². The summed E-state index contributed by atoms with van der Waals surface area (Å²) in [5, 5.41) is 11.4. The smallest absolute Gasteiger partial charge is 0.373 e. The van der Waals surface area contributed by atoms with Crippen molar-refractivity contribution in [1.82, 2.24) is 24.1 Å². The molecule has 0 aliphatic rings. The minimum atomic E-state index is -4.55. The Morgan fingerprint density at radius 3 is 1.79 bits per heavy atom. The van der Waals surface area contributed by atoms with Crippen molar-refractivity contribution >= 4 is 0 Å². The topological polar surface area (TPSA) is 68.8 Å². The van der Waals surface area contributed by atoms with Crippen molar-refractivity contribution in [1.29, 1.82) is 0 Å². The van der Waals surface area contributed by atoms with Crippen molar-refractivity contribution in [2.75, 3.05) is 0 Å². The van der Waals surface area contributed by atoms with Gasteiger partial charge >= 0.3 is 6.18 Å². The molecule has 0 aliphatic heterocycles. The standard InChI is InChI=1S/C15H14F3N5O/c1-22-8-19-6-12(22)14(24,13-7-20-9-23(13)2)10-3-4-11(21-5-10)15(16,17)18/h3-9,24H,1-2H3. The van der Waals surface area contributed by atoms with Gasteiger partial charge in [0.25, 0.3) is 0 Å². The molecule has 0 spiro atoms. The highest BCUT2D eigenvalue weighted by molar-refractivity contribution is 5.40. The Bertz CT molecular complexity index is 810. The molecule has 3 aromatic rings. The molecule has 0 fully saturated rings. The van der Waals surface area contributed by atoms with Gasteiger partial charge in [-0.15, -0.1) is 0 Å². The van der Waals surface area contributed by atoms with E-state index < -0.39 is 17.5 Å². The monoisotopic (exact) mass is 337 g/mol. The second-order valence-corrected chi connectivity index (χ2v) is 5.42. The summed E-state index contributed by atoms with van der Waals surface area (Å²) in [5.74, 6) is 0. The van der Waals surface area contributed by atoms with Gasteiger partial charge in [0, 0.05) is 25.9 Å². The number of rotatable bonds is 3. The van der Waals surface area contributed by atoms with Crippen LogP contribution < -0.4 is 0 Å². The highest BCUT2D eigenvalue weighted by Crippen LogP contribution is 2.36. The first-order valence-corrected chi connectivity index (χ1v) is 6.94. The number of aromatic nitrogens is 5. The second-order valence-electron chi connectivity index (χ2n) is 5.42. The van der Waals surface area contributed by atoms with E-state index in [9.17, 15) is 18.3 Å². The lowest BCUT2D eigenvalue weighted by Gasteiger charge is -2.29. The number of nitrogens with zero attached hydrogens (tertiary/aromatic N) is 5. The predicted octanol–water partition coefficient (Wildman–Crippen LogP) is 1.85. The molecule has 0 unspecified atom stereocenters. The van der Waals surface area contributed by atoms with Crippen LogP contribution in [0.25, 0.3) is 0 Å². The van der Waals surface area contributed by atoms with Gasteiger partial charge < -0.3 is 14.2 Å². The number of aliphatic hydroxyl groups is 1. The van der Waals surface area contributed by atoms with Gasteiger partial charge in [0.2, 0.25) is 0 Å². The average molecular weight is 337 g/mol. The van der Waals surface area contributed by atoms with E-state index in [-0.39, 0.29) is 5.56 Å². The van der Waals surface area contributed by atoms with Crippen molar-refractivity contribution in [2.24, 2.45) is 14.1 Å². The van der Waals surface area contributed by atoms with Crippen LogP contribution in [-0.4, -0.2) is 29.2 Å². The van der Waals surface area contributed by atoms with Gasteiger partial charge in [0.1, 0.15) is 5.69 Å². The number of hydrogen-bond acceptors (Lipinski definition) is 4. The van der Waals surface area contributed by atoms with Crippen LogP contribution >= 0.6 is 0 Å². The second kappa shape index (κ2) is 5.45.